The summed E-state index contributed by atoms with van der Waals surface area (Å²) in [6.45, 7) is 0. The van der Waals surface area contributed by atoms with E-state index in [4.69, 9.17) is 0 Å². The van der Waals surface area contributed by atoms with Crippen molar-refractivity contribution in [2.24, 2.45) is 0 Å². The van der Waals surface area contributed by atoms with Gasteiger partial charge in [-0.1, -0.05) is 60.7 Å². The van der Waals surface area contributed by atoms with Gasteiger partial charge in [-0.15, -0.1) is 0 Å². The van der Waals surface area contributed by atoms with Crippen molar-refractivity contribution in [1.82, 2.24) is 0 Å². The molecule has 4 aromatic rings. The molecule has 0 radical (unpaired) electrons. The normalized spacial score (nSPS) is 13.7. The topological polar surface area (TPSA) is 37.4 Å². The van der Waals surface area contributed by atoms with Crippen LogP contribution in [0.5, 0.6) is 0 Å². The number of anilines is 2. The molecule has 0 aromatic heterocycles. The van der Waals surface area contributed by atoms with Crippen molar-refractivity contribution in [2.45, 2.75) is 0 Å². The Balaban J connectivity index is 1.73. The van der Waals surface area contributed by atoms with E-state index in [-0.39, 0.29) is 11.6 Å². The Morgan fingerprint density at radius 2 is 1.07 bits per heavy atom. The number of hydrogen-bond donors (Lipinski definition) is 0. The summed E-state index contributed by atoms with van der Waals surface area (Å²) < 4.78 is 0. The largest absolute Gasteiger partial charge is 0.307 e. The molecule has 0 amide bonds. The van der Waals surface area contributed by atoms with Gasteiger partial charge in [0.2, 0.25) is 5.78 Å². The minimum absolute atomic E-state index is 0.189. The van der Waals surface area contributed by atoms with Crippen molar-refractivity contribution in [3.8, 4) is 0 Å². The second kappa shape index (κ2) is 6.88. The molecule has 0 bridgehead atoms. The van der Waals surface area contributed by atoms with Gasteiger partial charge in [0.15, 0.2) is 5.78 Å². The molecule has 29 heavy (non-hydrogen) atoms. The lowest BCUT2D eigenvalue weighted by atomic mass is 10.0. The molecule has 0 atom stereocenters. The average Bonchev–Trinajstić information content (AvgIpc) is 2.76. The molecule has 3 nitrogen and oxygen atoms in total. The van der Waals surface area contributed by atoms with Gasteiger partial charge < -0.3 is 4.90 Å². The summed E-state index contributed by atoms with van der Waals surface area (Å²) in [6.07, 6.45) is 4.06. The second-order valence-corrected chi connectivity index (χ2v) is 7.03. The molecule has 5 rings (SSSR count). The van der Waals surface area contributed by atoms with E-state index in [1.54, 1.807) is 0 Å². The first kappa shape index (κ1) is 17.1. The monoisotopic (exact) mass is 375 g/mol. The van der Waals surface area contributed by atoms with Crippen LogP contribution in [0.15, 0.2) is 109 Å². The van der Waals surface area contributed by atoms with Gasteiger partial charge in [-0.3, -0.25) is 9.59 Å². The Hall–Kier alpha value is -3.98. The SMILES string of the molecule is O=C1C=CC(=O)C(N(c2ccc3ccccc3c2)c2ccc3ccccc3c2)=C1. The first-order valence-corrected chi connectivity index (χ1v) is 9.45. The summed E-state index contributed by atoms with van der Waals surface area (Å²) in [6, 6.07) is 28.3. The zero-order valence-corrected chi connectivity index (χ0v) is 15.6. The van der Waals surface area contributed by atoms with Crippen LogP contribution in [0.25, 0.3) is 21.5 Å². The molecular formula is C26H17NO2. The van der Waals surface area contributed by atoms with Gasteiger partial charge in [0, 0.05) is 17.5 Å². The van der Waals surface area contributed by atoms with Gasteiger partial charge in [-0.25, -0.2) is 0 Å². The number of carbonyl (C=O) groups excluding carboxylic acids is 2. The molecule has 1 aliphatic carbocycles. The molecule has 0 saturated carbocycles. The van der Waals surface area contributed by atoms with Crippen LogP contribution in [-0.4, -0.2) is 11.6 Å². The Morgan fingerprint density at radius 1 is 0.552 bits per heavy atom. The molecule has 0 N–H and O–H groups in total. The third-order valence-electron chi connectivity index (χ3n) is 5.15. The first-order chi connectivity index (χ1) is 14.2. The van der Waals surface area contributed by atoms with E-state index in [1.165, 1.54) is 18.2 Å². The van der Waals surface area contributed by atoms with E-state index < -0.39 is 0 Å². The van der Waals surface area contributed by atoms with Crippen LogP contribution in [0.3, 0.4) is 0 Å². The summed E-state index contributed by atoms with van der Waals surface area (Å²) in [5, 5.41) is 4.38. The van der Waals surface area contributed by atoms with E-state index >= 15 is 0 Å². The number of benzene rings is 4. The van der Waals surface area contributed by atoms with Crippen LogP contribution in [0, 0.1) is 0 Å². The van der Waals surface area contributed by atoms with Crippen LogP contribution >= 0.6 is 0 Å². The van der Waals surface area contributed by atoms with E-state index in [0.29, 0.717) is 5.70 Å². The highest BCUT2D eigenvalue weighted by Gasteiger charge is 2.23. The lowest BCUT2D eigenvalue weighted by Crippen LogP contribution is -2.24. The highest BCUT2D eigenvalue weighted by Crippen LogP contribution is 2.35. The molecule has 0 saturated heterocycles. The molecule has 1 aliphatic rings. The van der Waals surface area contributed by atoms with Gasteiger partial charge in [0.05, 0.1) is 5.70 Å². The zero-order chi connectivity index (χ0) is 19.8. The minimum Gasteiger partial charge on any atom is -0.307 e. The predicted octanol–water partition coefficient (Wildman–Crippen LogP) is 5.72. The van der Waals surface area contributed by atoms with Crippen LogP contribution in [0.4, 0.5) is 11.4 Å². The molecule has 0 spiro atoms. The molecule has 0 aliphatic heterocycles. The fourth-order valence-corrected chi connectivity index (χ4v) is 3.73. The van der Waals surface area contributed by atoms with Crippen molar-refractivity contribution >= 4 is 44.5 Å². The Labute approximate surface area is 168 Å². The quantitative estimate of drug-likeness (QED) is 0.430. The van der Waals surface area contributed by atoms with Crippen molar-refractivity contribution in [3.05, 3.63) is 109 Å². The summed E-state index contributed by atoms with van der Waals surface area (Å²) in [7, 11) is 0. The number of ketones is 2. The van der Waals surface area contributed by atoms with E-state index in [0.717, 1.165) is 32.9 Å². The van der Waals surface area contributed by atoms with Crippen molar-refractivity contribution in [3.63, 3.8) is 0 Å². The number of hydrogen-bond acceptors (Lipinski definition) is 3. The molecule has 138 valence electrons. The lowest BCUT2D eigenvalue weighted by molar-refractivity contribution is -0.114. The van der Waals surface area contributed by atoms with Gasteiger partial charge in [0.25, 0.3) is 0 Å². The van der Waals surface area contributed by atoms with Crippen LogP contribution < -0.4 is 4.90 Å². The number of carbonyl (C=O) groups is 2. The van der Waals surface area contributed by atoms with E-state index in [9.17, 15) is 9.59 Å². The highest BCUT2D eigenvalue weighted by molar-refractivity contribution is 6.19. The average molecular weight is 375 g/mol. The lowest BCUT2D eigenvalue weighted by Gasteiger charge is -2.28. The Kier molecular flexibility index (Phi) is 4.07. The van der Waals surface area contributed by atoms with E-state index in [2.05, 4.69) is 12.1 Å². The van der Waals surface area contributed by atoms with Crippen LogP contribution in [0.2, 0.25) is 0 Å². The smallest absolute Gasteiger partial charge is 0.202 e. The predicted molar refractivity (Wildman–Crippen MR) is 117 cm³/mol. The van der Waals surface area contributed by atoms with E-state index in [1.807, 2.05) is 77.7 Å². The first-order valence-electron chi connectivity index (χ1n) is 9.45. The van der Waals surface area contributed by atoms with Gasteiger partial charge in [0.1, 0.15) is 0 Å². The molecule has 0 unspecified atom stereocenters. The summed E-state index contributed by atoms with van der Waals surface area (Å²) in [5.74, 6) is -0.378. The van der Waals surface area contributed by atoms with Crippen molar-refractivity contribution in [1.29, 1.82) is 0 Å². The minimum atomic E-state index is -0.189. The zero-order valence-electron chi connectivity index (χ0n) is 15.6. The van der Waals surface area contributed by atoms with Gasteiger partial charge >= 0.3 is 0 Å². The second-order valence-electron chi connectivity index (χ2n) is 7.03. The van der Waals surface area contributed by atoms with Crippen molar-refractivity contribution in [2.75, 3.05) is 4.90 Å². The highest BCUT2D eigenvalue weighted by atomic mass is 16.1. The molecule has 3 heteroatoms. The summed E-state index contributed by atoms with van der Waals surface area (Å²) >= 11 is 0. The van der Waals surface area contributed by atoms with Crippen LogP contribution in [-0.2, 0) is 9.59 Å². The maximum absolute atomic E-state index is 12.7. The number of rotatable bonds is 3. The standard InChI is InChI=1S/C26H17NO2/c28-24-13-14-26(29)25(17-24)27(22-11-9-18-5-1-3-7-20(18)15-22)23-12-10-19-6-2-4-8-21(19)16-23/h1-17H. The fourth-order valence-electron chi connectivity index (χ4n) is 3.73. The van der Waals surface area contributed by atoms with Gasteiger partial charge in [-0.05, 0) is 58.0 Å². The van der Waals surface area contributed by atoms with Crippen molar-refractivity contribution < 1.29 is 9.59 Å². The van der Waals surface area contributed by atoms with Gasteiger partial charge in [-0.2, -0.15) is 0 Å². The summed E-state index contributed by atoms with van der Waals surface area (Å²) in [4.78, 5) is 26.6. The third-order valence-corrected chi connectivity index (χ3v) is 5.15. The molecule has 4 aromatic carbocycles. The number of allylic oxidation sites excluding steroid dienone is 3. The number of nitrogens with zero attached hydrogens (tertiary/aromatic N) is 1. The third kappa shape index (κ3) is 3.13. The maximum atomic E-state index is 12.7. The number of fused-ring (bicyclic) bond motifs is 2. The van der Waals surface area contributed by atoms with Crippen LogP contribution in [0.1, 0.15) is 0 Å². The fraction of sp³-hybridized carbons (Fsp3) is 0. The Morgan fingerprint density at radius 3 is 1.62 bits per heavy atom. The molecule has 0 fully saturated rings. The summed E-state index contributed by atoms with van der Waals surface area (Å²) in [5.41, 5.74) is 2.02. The molecular weight excluding hydrogens is 358 g/mol. The Bertz CT molecular complexity index is 1270. The molecule has 0 heterocycles. The maximum Gasteiger partial charge on any atom is 0.202 e.